The Bertz CT molecular complexity index is 469. The highest BCUT2D eigenvalue weighted by Gasteiger charge is 2.08. The first-order valence-corrected chi connectivity index (χ1v) is 5.37. The Labute approximate surface area is 91.1 Å². The molecule has 0 aromatic carbocycles. The minimum atomic E-state index is 1.05. The van der Waals surface area contributed by atoms with Gasteiger partial charge in [-0.25, -0.2) is 0 Å². The number of rotatable bonds is 0. The summed E-state index contributed by atoms with van der Waals surface area (Å²) >= 11 is 0. The van der Waals surface area contributed by atoms with E-state index < -0.39 is 0 Å². The molecule has 0 aliphatic rings. The number of hydrogen-bond acceptors (Lipinski definition) is 2. The Morgan fingerprint density at radius 2 is 1.67 bits per heavy atom. The van der Waals surface area contributed by atoms with Crippen LogP contribution in [-0.2, 0) is 7.05 Å². The van der Waals surface area contributed by atoms with E-state index in [1.165, 1.54) is 10.9 Å². The van der Waals surface area contributed by atoms with Crippen molar-refractivity contribution in [1.29, 1.82) is 0 Å². The van der Waals surface area contributed by atoms with Crippen LogP contribution in [0, 0.1) is 20.8 Å². The van der Waals surface area contributed by atoms with Crippen molar-refractivity contribution in [2.75, 3.05) is 0 Å². The SMILES string of the molecule is CC.Cc1cc2c(c(C)n1)c(C)nn2C. The number of aryl methyl sites for hydroxylation is 4. The van der Waals surface area contributed by atoms with E-state index in [1.54, 1.807) is 0 Å². The molecule has 82 valence electrons. The molecule has 0 fully saturated rings. The first kappa shape index (κ1) is 11.7. The molecule has 3 heteroatoms. The van der Waals surface area contributed by atoms with E-state index in [1.807, 2.05) is 46.3 Å². The fourth-order valence-electron chi connectivity index (χ4n) is 1.84. The summed E-state index contributed by atoms with van der Waals surface area (Å²) < 4.78 is 1.91. The van der Waals surface area contributed by atoms with E-state index >= 15 is 0 Å². The molecule has 2 aromatic heterocycles. The summed E-state index contributed by atoms with van der Waals surface area (Å²) in [5.41, 5.74) is 4.35. The van der Waals surface area contributed by atoms with Crippen LogP contribution < -0.4 is 0 Å². The minimum Gasteiger partial charge on any atom is -0.268 e. The molecule has 2 rings (SSSR count). The smallest absolute Gasteiger partial charge is 0.0718 e. The van der Waals surface area contributed by atoms with Gasteiger partial charge in [0.2, 0.25) is 0 Å². The van der Waals surface area contributed by atoms with E-state index in [9.17, 15) is 0 Å². The number of pyridine rings is 1. The van der Waals surface area contributed by atoms with Crippen molar-refractivity contribution in [3.8, 4) is 0 Å². The van der Waals surface area contributed by atoms with Gasteiger partial charge in [-0.2, -0.15) is 5.10 Å². The highest BCUT2D eigenvalue weighted by Crippen LogP contribution is 2.20. The van der Waals surface area contributed by atoms with Crippen molar-refractivity contribution in [1.82, 2.24) is 14.8 Å². The van der Waals surface area contributed by atoms with Crippen molar-refractivity contribution in [2.45, 2.75) is 34.6 Å². The van der Waals surface area contributed by atoms with Crippen molar-refractivity contribution in [2.24, 2.45) is 7.05 Å². The van der Waals surface area contributed by atoms with E-state index in [0.29, 0.717) is 0 Å². The van der Waals surface area contributed by atoms with Crippen molar-refractivity contribution in [3.05, 3.63) is 23.1 Å². The molecule has 0 spiro atoms. The number of aromatic nitrogens is 3. The third kappa shape index (κ3) is 2.01. The quantitative estimate of drug-likeness (QED) is 0.662. The third-order valence-corrected chi connectivity index (χ3v) is 2.32. The van der Waals surface area contributed by atoms with Crippen LogP contribution in [0.15, 0.2) is 6.07 Å². The zero-order chi connectivity index (χ0) is 11.6. The van der Waals surface area contributed by atoms with Crippen molar-refractivity contribution in [3.63, 3.8) is 0 Å². The summed E-state index contributed by atoms with van der Waals surface area (Å²) in [7, 11) is 1.97. The molecule has 0 aliphatic heterocycles. The molecule has 0 radical (unpaired) electrons. The van der Waals surface area contributed by atoms with Crippen LogP contribution in [0.1, 0.15) is 30.9 Å². The van der Waals surface area contributed by atoms with E-state index in [4.69, 9.17) is 0 Å². The van der Waals surface area contributed by atoms with Gasteiger partial charge in [0.25, 0.3) is 0 Å². The van der Waals surface area contributed by atoms with Crippen molar-refractivity contribution < 1.29 is 0 Å². The zero-order valence-electron chi connectivity index (χ0n) is 10.4. The fraction of sp³-hybridized carbons (Fsp3) is 0.500. The first-order chi connectivity index (χ1) is 7.09. The molecule has 0 amide bonds. The van der Waals surface area contributed by atoms with Crippen molar-refractivity contribution >= 4 is 10.9 Å². The maximum absolute atomic E-state index is 4.42. The summed E-state index contributed by atoms with van der Waals surface area (Å²) in [6.45, 7) is 10.1. The average molecular weight is 205 g/mol. The van der Waals surface area contributed by atoms with E-state index in [2.05, 4.69) is 16.1 Å². The van der Waals surface area contributed by atoms with Crippen LogP contribution in [0.3, 0.4) is 0 Å². The second kappa shape index (κ2) is 4.43. The average Bonchev–Trinajstić information content (AvgIpc) is 2.45. The van der Waals surface area contributed by atoms with Gasteiger partial charge in [-0.05, 0) is 26.8 Å². The molecule has 0 saturated carbocycles. The number of fused-ring (bicyclic) bond motifs is 1. The topological polar surface area (TPSA) is 30.7 Å². The predicted octanol–water partition coefficient (Wildman–Crippen LogP) is 2.92. The minimum absolute atomic E-state index is 1.05. The molecule has 2 aromatic rings. The van der Waals surface area contributed by atoms with Gasteiger partial charge in [-0.3, -0.25) is 9.67 Å². The predicted molar refractivity (Wildman–Crippen MR) is 64.1 cm³/mol. The standard InChI is InChI=1S/C10H13N3.C2H6/c1-6-5-9-10(7(2)11-6)8(3)12-13(9)4;1-2/h5H,1-4H3;1-2H3. The second-order valence-corrected chi connectivity index (χ2v) is 3.45. The van der Waals surface area contributed by atoms with Gasteiger partial charge >= 0.3 is 0 Å². The summed E-state index contributed by atoms with van der Waals surface area (Å²) in [6, 6.07) is 2.07. The van der Waals surface area contributed by atoms with Gasteiger partial charge in [-0.15, -0.1) is 0 Å². The molecular weight excluding hydrogens is 186 g/mol. The molecule has 3 nitrogen and oxygen atoms in total. The van der Waals surface area contributed by atoms with Crippen LogP contribution in [-0.4, -0.2) is 14.8 Å². The molecule has 0 bridgehead atoms. The van der Waals surface area contributed by atoms with Gasteiger partial charge in [0, 0.05) is 23.8 Å². The molecule has 0 saturated heterocycles. The van der Waals surface area contributed by atoms with E-state index in [0.717, 1.165) is 17.1 Å². The molecule has 0 atom stereocenters. The summed E-state index contributed by atoms with van der Waals surface area (Å²) in [5.74, 6) is 0. The van der Waals surface area contributed by atoms with Gasteiger partial charge in [0.1, 0.15) is 0 Å². The highest BCUT2D eigenvalue weighted by atomic mass is 15.3. The molecule has 0 N–H and O–H groups in total. The maximum Gasteiger partial charge on any atom is 0.0718 e. The molecular formula is C12H19N3. The Hall–Kier alpha value is -1.38. The second-order valence-electron chi connectivity index (χ2n) is 3.45. The lowest BCUT2D eigenvalue weighted by atomic mass is 10.2. The molecule has 15 heavy (non-hydrogen) atoms. The van der Waals surface area contributed by atoms with Crippen LogP contribution >= 0.6 is 0 Å². The fourth-order valence-corrected chi connectivity index (χ4v) is 1.84. The van der Waals surface area contributed by atoms with Gasteiger partial charge in [-0.1, -0.05) is 13.8 Å². The van der Waals surface area contributed by atoms with E-state index in [-0.39, 0.29) is 0 Å². The summed E-state index contributed by atoms with van der Waals surface area (Å²) in [5, 5.41) is 5.56. The Balaban J connectivity index is 0.000000531. The summed E-state index contributed by atoms with van der Waals surface area (Å²) in [4.78, 5) is 4.42. The lowest BCUT2D eigenvalue weighted by molar-refractivity contribution is 0.783. The first-order valence-electron chi connectivity index (χ1n) is 5.37. The van der Waals surface area contributed by atoms with Gasteiger partial charge in [0.05, 0.1) is 11.2 Å². The lowest BCUT2D eigenvalue weighted by Gasteiger charge is -1.99. The van der Waals surface area contributed by atoms with Crippen LogP contribution in [0.5, 0.6) is 0 Å². The molecule has 0 aliphatic carbocycles. The largest absolute Gasteiger partial charge is 0.268 e. The normalized spacial score (nSPS) is 10.0. The molecule has 0 unspecified atom stereocenters. The number of hydrogen-bond donors (Lipinski definition) is 0. The number of nitrogens with zero attached hydrogens (tertiary/aromatic N) is 3. The van der Waals surface area contributed by atoms with Crippen LogP contribution in [0.2, 0.25) is 0 Å². The van der Waals surface area contributed by atoms with Crippen LogP contribution in [0.25, 0.3) is 10.9 Å². The Kier molecular flexibility index (Phi) is 3.45. The third-order valence-electron chi connectivity index (χ3n) is 2.32. The zero-order valence-corrected chi connectivity index (χ0v) is 10.4. The maximum atomic E-state index is 4.42. The Morgan fingerprint density at radius 1 is 1.07 bits per heavy atom. The highest BCUT2D eigenvalue weighted by molar-refractivity contribution is 5.84. The monoisotopic (exact) mass is 205 g/mol. The van der Waals surface area contributed by atoms with Gasteiger partial charge in [0.15, 0.2) is 0 Å². The Morgan fingerprint density at radius 3 is 2.27 bits per heavy atom. The summed E-state index contributed by atoms with van der Waals surface area (Å²) in [6.07, 6.45) is 0. The van der Waals surface area contributed by atoms with Crippen LogP contribution in [0.4, 0.5) is 0 Å². The molecule has 2 heterocycles. The lowest BCUT2D eigenvalue weighted by Crippen LogP contribution is -1.91. The van der Waals surface area contributed by atoms with Gasteiger partial charge < -0.3 is 0 Å².